The Balaban J connectivity index is 1.80. The second-order valence-corrected chi connectivity index (χ2v) is 5.09. The average Bonchev–Trinajstić information content (AvgIpc) is 2.46. The molecule has 18 heavy (non-hydrogen) atoms. The molecule has 0 saturated heterocycles. The summed E-state index contributed by atoms with van der Waals surface area (Å²) in [7, 11) is 0. The fourth-order valence-corrected chi connectivity index (χ4v) is 2.52. The molecule has 1 aromatic carbocycles. The van der Waals surface area contributed by atoms with Crippen LogP contribution in [-0.4, -0.2) is 12.4 Å². The summed E-state index contributed by atoms with van der Waals surface area (Å²) >= 11 is 0. The van der Waals surface area contributed by atoms with Gasteiger partial charge in [-0.05, 0) is 37.0 Å². The lowest BCUT2D eigenvalue weighted by molar-refractivity contribution is -0.125. The molecular weight excluding hydrogens is 224 g/mol. The zero-order valence-electron chi connectivity index (χ0n) is 11.2. The van der Waals surface area contributed by atoms with Gasteiger partial charge in [0.2, 0.25) is 0 Å². The lowest BCUT2D eigenvalue weighted by atomic mass is 9.86. The van der Waals surface area contributed by atoms with Gasteiger partial charge in [-0.25, -0.2) is 0 Å². The average molecular weight is 246 g/mol. The number of ketones is 1. The minimum absolute atomic E-state index is 0.232. The topological polar surface area (TPSA) is 26.3 Å². The van der Waals surface area contributed by atoms with Crippen molar-refractivity contribution in [2.45, 2.75) is 45.4 Å². The zero-order chi connectivity index (χ0) is 12.8. The van der Waals surface area contributed by atoms with Crippen LogP contribution in [0.25, 0.3) is 0 Å². The highest BCUT2D eigenvalue weighted by Crippen LogP contribution is 2.24. The van der Waals surface area contributed by atoms with E-state index in [1.54, 1.807) is 0 Å². The Labute approximate surface area is 109 Å². The Bertz CT molecular complexity index is 375. The van der Waals surface area contributed by atoms with E-state index in [2.05, 4.69) is 19.1 Å². The van der Waals surface area contributed by atoms with E-state index in [9.17, 15) is 4.79 Å². The molecular formula is C16H22O2. The zero-order valence-corrected chi connectivity index (χ0v) is 11.2. The molecule has 1 saturated carbocycles. The quantitative estimate of drug-likeness (QED) is 0.790. The number of ether oxygens (including phenoxy) is 1. The largest absolute Gasteiger partial charge is 0.486 e. The van der Waals surface area contributed by atoms with Crippen molar-refractivity contribution in [3.05, 3.63) is 29.8 Å². The van der Waals surface area contributed by atoms with Crippen molar-refractivity contribution in [3.8, 4) is 5.75 Å². The standard InChI is InChI=1S/C16H22O2/c1-2-13-8-10-15(11-9-13)18-12-16(17)14-6-4-3-5-7-14/h8-11,14H,2-7,12H2,1H3. The number of carbonyl (C=O) groups excluding carboxylic acids is 1. The van der Waals surface area contributed by atoms with Gasteiger partial charge in [0.1, 0.15) is 12.4 Å². The molecule has 0 atom stereocenters. The first kappa shape index (κ1) is 13.1. The molecule has 0 radical (unpaired) electrons. The van der Waals surface area contributed by atoms with E-state index < -0.39 is 0 Å². The van der Waals surface area contributed by atoms with Gasteiger partial charge in [-0.1, -0.05) is 38.3 Å². The van der Waals surface area contributed by atoms with Gasteiger partial charge in [0.15, 0.2) is 5.78 Å². The maximum atomic E-state index is 12.0. The number of benzene rings is 1. The second-order valence-electron chi connectivity index (χ2n) is 5.09. The van der Waals surface area contributed by atoms with Gasteiger partial charge in [0.05, 0.1) is 0 Å². The van der Waals surface area contributed by atoms with Crippen LogP contribution in [-0.2, 0) is 11.2 Å². The van der Waals surface area contributed by atoms with Gasteiger partial charge in [-0.2, -0.15) is 0 Å². The van der Waals surface area contributed by atoms with Gasteiger partial charge >= 0.3 is 0 Å². The predicted octanol–water partition coefficient (Wildman–Crippen LogP) is 3.78. The van der Waals surface area contributed by atoms with Crippen LogP contribution in [0.4, 0.5) is 0 Å². The first-order valence-electron chi connectivity index (χ1n) is 7.04. The Kier molecular flexibility index (Phi) is 4.80. The fraction of sp³-hybridized carbons (Fsp3) is 0.562. The van der Waals surface area contributed by atoms with E-state index in [4.69, 9.17) is 4.74 Å². The van der Waals surface area contributed by atoms with Crippen LogP contribution >= 0.6 is 0 Å². The molecule has 1 aliphatic rings. The SMILES string of the molecule is CCc1ccc(OCC(=O)C2CCCCC2)cc1. The molecule has 0 bridgehead atoms. The van der Waals surface area contributed by atoms with E-state index in [0.717, 1.165) is 25.0 Å². The monoisotopic (exact) mass is 246 g/mol. The van der Waals surface area contributed by atoms with Crippen molar-refractivity contribution in [2.24, 2.45) is 5.92 Å². The van der Waals surface area contributed by atoms with E-state index in [0.29, 0.717) is 0 Å². The highest BCUT2D eigenvalue weighted by Gasteiger charge is 2.21. The third kappa shape index (κ3) is 3.59. The van der Waals surface area contributed by atoms with Crippen LogP contribution in [0.2, 0.25) is 0 Å². The van der Waals surface area contributed by atoms with E-state index >= 15 is 0 Å². The minimum Gasteiger partial charge on any atom is -0.486 e. The number of aryl methyl sites for hydroxylation is 1. The maximum Gasteiger partial charge on any atom is 0.173 e. The summed E-state index contributed by atoms with van der Waals surface area (Å²) in [5.74, 6) is 1.32. The Morgan fingerprint density at radius 2 is 1.83 bits per heavy atom. The molecule has 2 rings (SSSR count). The molecule has 0 spiro atoms. The Hall–Kier alpha value is -1.31. The van der Waals surface area contributed by atoms with Crippen molar-refractivity contribution in [3.63, 3.8) is 0 Å². The molecule has 0 heterocycles. The minimum atomic E-state index is 0.232. The van der Waals surface area contributed by atoms with Crippen molar-refractivity contribution in [2.75, 3.05) is 6.61 Å². The number of hydrogen-bond acceptors (Lipinski definition) is 2. The maximum absolute atomic E-state index is 12.0. The van der Waals surface area contributed by atoms with Gasteiger partial charge in [0, 0.05) is 5.92 Å². The summed E-state index contributed by atoms with van der Waals surface area (Å²) < 4.78 is 5.57. The molecule has 0 unspecified atom stereocenters. The summed E-state index contributed by atoms with van der Waals surface area (Å²) in [6.45, 7) is 2.36. The number of Topliss-reactive ketones (excluding diaryl/α,β-unsaturated/α-hetero) is 1. The molecule has 0 aliphatic heterocycles. The van der Waals surface area contributed by atoms with Crippen LogP contribution in [0.15, 0.2) is 24.3 Å². The molecule has 2 heteroatoms. The summed E-state index contributed by atoms with van der Waals surface area (Å²) in [5, 5.41) is 0. The van der Waals surface area contributed by atoms with E-state index in [-0.39, 0.29) is 18.3 Å². The first-order chi connectivity index (χ1) is 8.79. The normalized spacial score (nSPS) is 16.5. The fourth-order valence-electron chi connectivity index (χ4n) is 2.52. The molecule has 1 aliphatic carbocycles. The molecule has 0 aromatic heterocycles. The molecule has 1 fully saturated rings. The van der Waals surface area contributed by atoms with Crippen LogP contribution in [0, 0.1) is 5.92 Å². The first-order valence-corrected chi connectivity index (χ1v) is 7.04. The summed E-state index contributed by atoms with van der Waals surface area (Å²) in [6.07, 6.45) is 6.81. The second kappa shape index (κ2) is 6.58. The third-order valence-corrected chi connectivity index (χ3v) is 3.77. The van der Waals surface area contributed by atoms with Crippen molar-refractivity contribution in [1.82, 2.24) is 0 Å². The smallest absolute Gasteiger partial charge is 0.173 e. The highest BCUT2D eigenvalue weighted by atomic mass is 16.5. The summed E-state index contributed by atoms with van der Waals surface area (Å²) in [4.78, 5) is 12.0. The highest BCUT2D eigenvalue weighted by molar-refractivity contribution is 5.82. The molecule has 0 amide bonds. The summed E-state index contributed by atoms with van der Waals surface area (Å²) in [6, 6.07) is 8.01. The van der Waals surface area contributed by atoms with Crippen LogP contribution < -0.4 is 4.74 Å². The van der Waals surface area contributed by atoms with Gasteiger partial charge in [-0.3, -0.25) is 4.79 Å². The third-order valence-electron chi connectivity index (χ3n) is 3.77. The van der Waals surface area contributed by atoms with Crippen molar-refractivity contribution in [1.29, 1.82) is 0 Å². The van der Waals surface area contributed by atoms with Crippen LogP contribution in [0.3, 0.4) is 0 Å². The molecule has 0 N–H and O–H groups in total. The van der Waals surface area contributed by atoms with Crippen LogP contribution in [0.1, 0.15) is 44.6 Å². The lowest BCUT2D eigenvalue weighted by Gasteiger charge is -2.20. The molecule has 98 valence electrons. The number of rotatable bonds is 5. The predicted molar refractivity (Wildman–Crippen MR) is 72.9 cm³/mol. The van der Waals surface area contributed by atoms with Gasteiger partial charge in [0.25, 0.3) is 0 Å². The molecule has 1 aromatic rings. The van der Waals surface area contributed by atoms with Crippen molar-refractivity contribution < 1.29 is 9.53 Å². The van der Waals surface area contributed by atoms with Crippen LogP contribution in [0.5, 0.6) is 5.75 Å². The van der Waals surface area contributed by atoms with Gasteiger partial charge < -0.3 is 4.74 Å². The van der Waals surface area contributed by atoms with Crippen molar-refractivity contribution >= 4 is 5.78 Å². The number of carbonyl (C=O) groups is 1. The van der Waals surface area contributed by atoms with E-state index in [1.807, 2.05) is 12.1 Å². The lowest BCUT2D eigenvalue weighted by Crippen LogP contribution is -2.23. The molecule has 2 nitrogen and oxygen atoms in total. The Morgan fingerprint density at radius 1 is 1.17 bits per heavy atom. The Morgan fingerprint density at radius 3 is 2.44 bits per heavy atom. The van der Waals surface area contributed by atoms with E-state index in [1.165, 1.54) is 24.8 Å². The summed E-state index contributed by atoms with van der Waals surface area (Å²) in [5.41, 5.74) is 1.29. The van der Waals surface area contributed by atoms with Gasteiger partial charge in [-0.15, -0.1) is 0 Å². The number of hydrogen-bond donors (Lipinski definition) is 0.